The van der Waals surface area contributed by atoms with E-state index in [0.717, 1.165) is 47.9 Å². The largest absolute Gasteiger partial charge is 0.384 e. The van der Waals surface area contributed by atoms with Crippen LogP contribution in [0, 0.1) is 96.4 Å². The number of rotatable bonds is 17. The molecule has 129 heavy (non-hydrogen) atoms. The van der Waals surface area contributed by atoms with Gasteiger partial charge in [-0.25, -0.2) is 48.5 Å². The van der Waals surface area contributed by atoms with Gasteiger partial charge in [0.1, 0.15) is 62.3 Å². The summed E-state index contributed by atoms with van der Waals surface area (Å²) in [6, 6.07) is 100. The molecule has 25 nitrogen and oxygen atoms in total. The van der Waals surface area contributed by atoms with E-state index >= 15 is 0 Å². The summed E-state index contributed by atoms with van der Waals surface area (Å²) in [5.74, 6) is -0.0731. The Kier molecular flexibility index (Phi) is 34.6. The molecule has 4 atom stereocenters. The topological polar surface area (TPSA) is 341 Å². The maximum atomic E-state index is 12.8. The van der Waals surface area contributed by atoms with Gasteiger partial charge in [-0.1, -0.05) is 219 Å². The van der Waals surface area contributed by atoms with Gasteiger partial charge in [-0.2, -0.15) is 50.0 Å². The molecule has 16 aromatic rings. The van der Waals surface area contributed by atoms with E-state index in [1.807, 2.05) is 122 Å². The van der Waals surface area contributed by atoms with E-state index in [-0.39, 0.29) is 28.5 Å². The highest BCUT2D eigenvalue weighted by Crippen LogP contribution is 2.35. The second-order valence-corrected chi connectivity index (χ2v) is 30.5. The molecule has 0 fully saturated rings. The Balaban J connectivity index is 0.000000160. The lowest BCUT2D eigenvalue weighted by molar-refractivity contribution is 0.103. The molecule has 3 aromatic heterocycles. The van der Waals surface area contributed by atoms with Crippen LogP contribution in [-0.4, -0.2) is 69.8 Å². The molecule has 0 amide bonds. The Morgan fingerprint density at radius 3 is 0.907 bits per heavy atom. The predicted molar refractivity (Wildman–Crippen MR) is 491 cm³/mol. The summed E-state index contributed by atoms with van der Waals surface area (Å²) in [5, 5.41) is 68.8. The minimum atomic E-state index is -4.03. The van der Waals surface area contributed by atoms with Crippen LogP contribution in [0.25, 0.3) is 24.2 Å². The molecular weight excluding hydrogens is 1770 g/mol. The third kappa shape index (κ3) is 27.2. The molecule has 0 saturated heterocycles. The van der Waals surface area contributed by atoms with E-state index in [4.69, 9.17) is 63.4 Å². The fourth-order valence-electron chi connectivity index (χ4n) is 12.0. The van der Waals surface area contributed by atoms with Crippen LogP contribution in [0.2, 0.25) is 0 Å². The van der Waals surface area contributed by atoms with Crippen molar-refractivity contribution >= 4 is 82.0 Å². The van der Waals surface area contributed by atoms with E-state index in [2.05, 4.69) is 104 Å². The van der Waals surface area contributed by atoms with Crippen LogP contribution in [-0.2, 0) is 14.3 Å². The third-order valence-electron chi connectivity index (χ3n) is 18.8. The van der Waals surface area contributed by atoms with Gasteiger partial charge in [0.2, 0.25) is 0 Å². The zero-order chi connectivity index (χ0) is 91.9. The highest BCUT2D eigenvalue weighted by atomic mass is 79.9. The quantitative estimate of drug-likeness (QED) is 0.0486. The molecule has 13 aromatic carbocycles. The molecule has 28 heteroatoms. The van der Waals surface area contributed by atoms with Crippen LogP contribution >= 0.6 is 31.9 Å². The summed E-state index contributed by atoms with van der Waals surface area (Å²) in [6.07, 6.45) is 7.61. The van der Waals surface area contributed by atoms with Gasteiger partial charge in [-0.05, 0) is 185 Å². The molecule has 622 valence electrons. The van der Waals surface area contributed by atoms with Gasteiger partial charge in [0.15, 0.2) is 40.0 Å². The van der Waals surface area contributed by atoms with Crippen LogP contribution in [0.4, 0.5) is 28.4 Å². The number of nitrogens with zero attached hydrogens (tertiary/aromatic N) is 18. The predicted octanol–water partition coefficient (Wildman–Crippen LogP) is 22.4. The van der Waals surface area contributed by atoms with Crippen molar-refractivity contribution in [1.29, 1.82) is 26.3 Å². The second kappa shape index (κ2) is 47.7. The number of aromatic amines is 1. The number of halogens is 2. The summed E-state index contributed by atoms with van der Waals surface area (Å²) in [5.41, 5.74) is 15.5. The molecule has 0 saturated carbocycles. The summed E-state index contributed by atoms with van der Waals surface area (Å²) in [6.45, 7) is 36.7. The average Bonchev–Trinajstić information content (AvgIpc) is 1.22. The molecule has 16 rings (SSSR count). The number of nitrogens with one attached hydrogen (secondary N) is 1. The van der Waals surface area contributed by atoms with Gasteiger partial charge in [-0.15, -0.1) is 0 Å². The van der Waals surface area contributed by atoms with Crippen molar-refractivity contribution in [3.05, 3.63) is 520 Å². The molecule has 0 aliphatic carbocycles. The van der Waals surface area contributed by atoms with Gasteiger partial charge in [-0.3, -0.25) is 18.9 Å². The zero-order valence-corrected chi connectivity index (χ0v) is 72.0. The van der Waals surface area contributed by atoms with Crippen LogP contribution in [0.1, 0.15) is 134 Å². The Morgan fingerprint density at radius 1 is 0.372 bits per heavy atom. The normalized spacial score (nSPS) is 10.9. The van der Waals surface area contributed by atoms with Gasteiger partial charge in [0, 0.05) is 31.2 Å². The molecule has 0 aliphatic rings. The van der Waals surface area contributed by atoms with E-state index in [1.165, 1.54) is 37.4 Å². The Labute approximate surface area is 761 Å². The first-order chi connectivity index (χ1) is 62.7. The third-order valence-corrected chi connectivity index (χ3v) is 21.1. The molecule has 0 bridgehead atoms. The van der Waals surface area contributed by atoms with Crippen molar-refractivity contribution in [2.45, 2.75) is 36.1 Å². The van der Waals surface area contributed by atoms with Gasteiger partial charge in [0.25, 0.3) is 10.1 Å². The fraction of sp³-hybridized carbons (Fsp3) is 0.0495. The summed E-state index contributed by atoms with van der Waals surface area (Å²) in [7, 11) is -4.03. The first kappa shape index (κ1) is 93.6. The maximum absolute atomic E-state index is 12.8. The van der Waals surface area contributed by atoms with Crippen LogP contribution in [0.3, 0.4) is 0 Å². The number of benzene rings is 13. The lowest BCUT2D eigenvalue weighted by Gasteiger charge is -2.19. The molecule has 0 aliphatic heterocycles. The molecule has 0 spiro atoms. The minimum absolute atomic E-state index is 0.0417. The highest BCUT2D eigenvalue weighted by molar-refractivity contribution is 9.10. The molecule has 0 radical (unpaired) electrons. The van der Waals surface area contributed by atoms with Crippen molar-refractivity contribution in [1.82, 2.24) is 44.7 Å². The van der Waals surface area contributed by atoms with Gasteiger partial charge < -0.3 is 5.11 Å². The average molecular weight is 1830 g/mol. The molecular formula is C101H67Br2N19O6S. The SMILES string of the molecule is O=C(c1ccc(Br)cc1)c1ccc(Br)cc1.[C-]#[N+]c1ccc(C(=O)c2ccc(C#N)cc2)cc1.[C-]#[N+]c1ccc(C(O)c2ccc(C#N)cc2)cc1.[C-]#[N+]c1ccc(C(OS(=O)(=O)c2ccc(C)cc2)c2ccc(C#N)cc2)cc1.[C-]#[N+]c1ccc(C(c2ccc(C#N)cc2)n2cncn2)cc1.[C-]#[N+]c1ccc(C(c2ccc(C#N)cc2)n2cncn2)cc1.c1nc[nH]n1. The number of carbonyl (C=O) groups is 2. The number of hydrogen-bond donors (Lipinski definition) is 2. The van der Waals surface area contributed by atoms with Crippen molar-refractivity contribution in [3.63, 3.8) is 0 Å². The number of hydrogen-bond acceptors (Lipinski definition) is 17. The summed E-state index contributed by atoms with van der Waals surface area (Å²) < 4.78 is 36.7. The lowest BCUT2D eigenvalue weighted by atomic mass is 9.98. The van der Waals surface area contributed by atoms with Crippen molar-refractivity contribution in [2.24, 2.45) is 0 Å². The molecule has 2 N–H and O–H groups in total. The monoisotopic (exact) mass is 1830 g/mol. The maximum Gasteiger partial charge on any atom is 0.297 e. The Hall–Kier alpha value is -17.7. The first-order valence-electron chi connectivity index (χ1n) is 38.3. The summed E-state index contributed by atoms with van der Waals surface area (Å²) in [4.78, 5) is 52.5. The van der Waals surface area contributed by atoms with Crippen molar-refractivity contribution in [3.8, 4) is 30.3 Å². The number of nitriles is 5. The van der Waals surface area contributed by atoms with E-state index in [0.29, 0.717) is 89.6 Å². The Morgan fingerprint density at radius 2 is 0.636 bits per heavy atom. The van der Waals surface area contributed by atoms with E-state index in [1.54, 1.807) is 228 Å². The van der Waals surface area contributed by atoms with Crippen LogP contribution in [0.5, 0.6) is 0 Å². The van der Waals surface area contributed by atoms with E-state index < -0.39 is 22.3 Å². The van der Waals surface area contributed by atoms with Crippen molar-refractivity contribution < 1.29 is 27.3 Å². The number of aromatic nitrogens is 9. The highest BCUT2D eigenvalue weighted by Gasteiger charge is 2.26. The van der Waals surface area contributed by atoms with Crippen molar-refractivity contribution in [2.75, 3.05) is 0 Å². The number of aryl methyl sites for hydroxylation is 1. The smallest absolute Gasteiger partial charge is 0.297 e. The van der Waals surface area contributed by atoms with E-state index in [9.17, 15) is 23.1 Å². The number of aliphatic hydroxyl groups is 1. The second-order valence-electron chi connectivity index (χ2n) is 27.1. The van der Waals surface area contributed by atoms with Crippen LogP contribution in [0.15, 0.2) is 367 Å². The summed E-state index contributed by atoms with van der Waals surface area (Å²) >= 11 is 6.69. The number of aliphatic hydroxyl groups excluding tert-OH is 1. The number of carbonyl (C=O) groups excluding carboxylic acids is 2. The number of ketones is 2. The lowest BCUT2D eigenvalue weighted by Crippen LogP contribution is -2.13. The first-order valence-corrected chi connectivity index (χ1v) is 41.3. The van der Waals surface area contributed by atoms with Gasteiger partial charge in [0.05, 0.1) is 95.9 Å². The number of H-pyrrole nitrogens is 1. The zero-order valence-electron chi connectivity index (χ0n) is 68.0. The molecule has 4 unspecified atom stereocenters. The minimum Gasteiger partial charge on any atom is -0.384 e. The standard InChI is InChI=1S/C22H16N2O3S.2C17H11N5.C15H10N2O.C15H8N2O.C13H8Br2O.C2H3N3/c1-16-3-13-21(14-4-16)28(25,26)27-22(18-7-5-17(15-23)6-8-18)19-9-11-20(24-2)12-10-19;2*1-19-16-8-6-15(7-9-16)17(22-12-20-11-21-22)14-4-2-13(10-18)3-5-14;2*1-17-14-8-6-13(7-9-14)15(18)12-4-2-11(10-16)3-5-12;14-11-5-1-9(2-6-11)13(16)10-3-7-12(15)8-4-10;1-3-2-5-4-1/h3-14,22H,1H3;2*2-9,11-12,17H;2-9,15,18H;2-9H;1-8H;1-2H,(H,3,4,5). The fourth-order valence-corrected chi connectivity index (χ4v) is 13.6. The van der Waals surface area contributed by atoms with Gasteiger partial charge >= 0.3 is 0 Å². The van der Waals surface area contributed by atoms with Crippen LogP contribution < -0.4 is 0 Å². The Bertz CT molecular complexity index is 6480. The molecule has 3 heterocycles.